The molecule has 0 radical (unpaired) electrons. The van der Waals surface area contributed by atoms with Gasteiger partial charge in [-0.1, -0.05) is 54.1 Å². The van der Waals surface area contributed by atoms with Crippen LogP contribution in [0.3, 0.4) is 0 Å². The zero-order chi connectivity index (χ0) is 18.1. The molecular formula is C22H17NO2S. The Balaban J connectivity index is 1.82. The van der Waals surface area contributed by atoms with Crippen molar-refractivity contribution >= 4 is 39.9 Å². The van der Waals surface area contributed by atoms with Gasteiger partial charge in [0.15, 0.2) is 4.87 Å². The van der Waals surface area contributed by atoms with E-state index in [9.17, 15) is 9.59 Å². The fourth-order valence-corrected chi connectivity index (χ4v) is 5.69. The Morgan fingerprint density at radius 2 is 1.65 bits per heavy atom. The van der Waals surface area contributed by atoms with E-state index in [-0.39, 0.29) is 16.9 Å². The van der Waals surface area contributed by atoms with Gasteiger partial charge in [-0.3, -0.25) is 14.5 Å². The van der Waals surface area contributed by atoms with Gasteiger partial charge < -0.3 is 0 Å². The van der Waals surface area contributed by atoms with Crippen molar-refractivity contribution in [2.24, 2.45) is 0 Å². The average Bonchev–Trinajstić information content (AvgIpc) is 3.05. The zero-order valence-corrected chi connectivity index (χ0v) is 15.3. The second kappa shape index (κ2) is 5.21. The normalized spacial score (nSPS) is 24.2. The molecule has 0 saturated carbocycles. The third-order valence-electron chi connectivity index (χ3n) is 5.34. The van der Waals surface area contributed by atoms with Crippen LogP contribution in [0.1, 0.15) is 28.4 Å². The smallest absolute Gasteiger partial charge is 0.241 e. The molecule has 3 aromatic rings. The monoisotopic (exact) mass is 359 g/mol. The summed E-state index contributed by atoms with van der Waals surface area (Å²) in [5.74, 6) is -0.00964. The first kappa shape index (κ1) is 15.6. The number of aryl methyl sites for hydroxylation is 1. The molecule has 128 valence electrons. The summed E-state index contributed by atoms with van der Waals surface area (Å²) in [7, 11) is 0. The number of ketones is 1. The largest absolute Gasteiger partial charge is 0.290 e. The SMILES string of the molecule is Cc1ccc(N2C(=O)C(C)SC23C(=O)c2cccc4cccc3c24)cc1. The van der Waals surface area contributed by atoms with Gasteiger partial charge >= 0.3 is 0 Å². The molecule has 0 aromatic heterocycles. The molecule has 2 aliphatic rings. The second-order valence-electron chi connectivity index (χ2n) is 6.95. The summed E-state index contributed by atoms with van der Waals surface area (Å²) >= 11 is 1.46. The molecule has 0 N–H and O–H groups in total. The van der Waals surface area contributed by atoms with Gasteiger partial charge in [0.2, 0.25) is 11.7 Å². The molecule has 1 aliphatic heterocycles. The van der Waals surface area contributed by atoms with E-state index >= 15 is 0 Å². The summed E-state index contributed by atoms with van der Waals surface area (Å²) in [5, 5.41) is 1.75. The number of carbonyl (C=O) groups excluding carboxylic acids is 2. The molecule has 2 atom stereocenters. The maximum absolute atomic E-state index is 13.6. The van der Waals surface area contributed by atoms with E-state index in [0.29, 0.717) is 5.56 Å². The van der Waals surface area contributed by atoms with Crippen LogP contribution in [0.4, 0.5) is 5.69 Å². The summed E-state index contributed by atoms with van der Waals surface area (Å²) < 4.78 is 0. The maximum Gasteiger partial charge on any atom is 0.241 e. The fourth-order valence-electron chi connectivity index (χ4n) is 4.16. The van der Waals surface area contributed by atoms with Crippen molar-refractivity contribution in [1.82, 2.24) is 0 Å². The van der Waals surface area contributed by atoms with Crippen molar-refractivity contribution in [2.45, 2.75) is 24.0 Å². The van der Waals surface area contributed by atoms with Gasteiger partial charge in [-0.25, -0.2) is 0 Å². The number of hydrogen-bond donors (Lipinski definition) is 0. The molecule has 3 aromatic carbocycles. The minimum Gasteiger partial charge on any atom is -0.290 e. The Morgan fingerprint density at radius 3 is 2.38 bits per heavy atom. The molecule has 1 spiro atoms. The molecule has 26 heavy (non-hydrogen) atoms. The first-order valence-electron chi connectivity index (χ1n) is 8.69. The number of hydrogen-bond acceptors (Lipinski definition) is 3. The highest BCUT2D eigenvalue weighted by Gasteiger charge is 2.60. The first-order chi connectivity index (χ1) is 12.5. The number of benzene rings is 3. The van der Waals surface area contributed by atoms with Crippen LogP contribution in [0.5, 0.6) is 0 Å². The number of anilines is 1. The number of fused-ring (bicyclic) bond motifs is 1. The molecule has 0 bridgehead atoms. The Hall–Kier alpha value is -2.59. The van der Waals surface area contributed by atoms with E-state index in [1.165, 1.54) is 11.8 Å². The van der Waals surface area contributed by atoms with E-state index in [2.05, 4.69) is 0 Å². The van der Waals surface area contributed by atoms with E-state index < -0.39 is 4.87 Å². The van der Waals surface area contributed by atoms with E-state index in [0.717, 1.165) is 27.6 Å². The van der Waals surface area contributed by atoms with E-state index in [1.807, 2.05) is 74.5 Å². The van der Waals surface area contributed by atoms with Gasteiger partial charge in [0.05, 0.1) is 5.25 Å². The van der Waals surface area contributed by atoms with Crippen molar-refractivity contribution in [1.29, 1.82) is 0 Å². The van der Waals surface area contributed by atoms with Gasteiger partial charge in [-0.15, -0.1) is 11.8 Å². The Labute approximate surface area is 156 Å². The van der Waals surface area contributed by atoms with E-state index in [1.54, 1.807) is 4.90 Å². The highest BCUT2D eigenvalue weighted by molar-refractivity contribution is 8.03. The van der Waals surface area contributed by atoms with Crippen LogP contribution < -0.4 is 4.90 Å². The maximum atomic E-state index is 13.6. The van der Waals surface area contributed by atoms with Crippen molar-refractivity contribution in [3.8, 4) is 0 Å². The topological polar surface area (TPSA) is 37.4 Å². The molecular weight excluding hydrogens is 342 g/mol. The van der Waals surface area contributed by atoms with Crippen molar-refractivity contribution in [3.05, 3.63) is 77.4 Å². The highest BCUT2D eigenvalue weighted by Crippen LogP contribution is 2.57. The lowest BCUT2D eigenvalue weighted by molar-refractivity contribution is -0.117. The van der Waals surface area contributed by atoms with Gasteiger partial charge in [0, 0.05) is 16.8 Å². The van der Waals surface area contributed by atoms with Crippen LogP contribution in [0.25, 0.3) is 10.8 Å². The quantitative estimate of drug-likeness (QED) is 0.634. The fraction of sp³-hybridized carbons (Fsp3) is 0.182. The minimum atomic E-state index is -1.01. The van der Waals surface area contributed by atoms with Gasteiger partial charge in [0.1, 0.15) is 0 Å². The molecule has 5 rings (SSSR count). The molecule has 1 aliphatic carbocycles. The highest BCUT2D eigenvalue weighted by atomic mass is 32.2. The minimum absolute atomic E-state index is 0.00701. The van der Waals surface area contributed by atoms with Gasteiger partial charge in [-0.05, 0) is 36.8 Å². The van der Waals surface area contributed by atoms with Crippen LogP contribution >= 0.6 is 11.8 Å². The number of rotatable bonds is 1. The predicted molar refractivity (Wildman–Crippen MR) is 106 cm³/mol. The molecule has 1 heterocycles. The van der Waals surface area contributed by atoms with Crippen LogP contribution in [0.2, 0.25) is 0 Å². The molecule has 3 nitrogen and oxygen atoms in total. The van der Waals surface area contributed by atoms with Gasteiger partial charge in [-0.2, -0.15) is 0 Å². The summed E-state index contributed by atoms with van der Waals surface area (Å²) in [5.41, 5.74) is 3.54. The Bertz CT molecular complexity index is 1080. The van der Waals surface area contributed by atoms with Crippen molar-refractivity contribution in [2.75, 3.05) is 4.90 Å². The Kier molecular flexibility index (Phi) is 3.13. The number of carbonyl (C=O) groups is 2. The molecule has 4 heteroatoms. The summed E-state index contributed by atoms with van der Waals surface area (Å²) in [6.07, 6.45) is 0. The number of Topliss-reactive ketones (excluding diaryl/α,β-unsaturated/α-hetero) is 1. The van der Waals surface area contributed by atoms with Crippen LogP contribution in [0.15, 0.2) is 60.7 Å². The van der Waals surface area contributed by atoms with Crippen LogP contribution in [-0.4, -0.2) is 16.9 Å². The first-order valence-corrected chi connectivity index (χ1v) is 9.57. The van der Waals surface area contributed by atoms with Crippen molar-refractivity contribution in [3.63, 3.8) is 0 Å². The van der Waals surface area contributed by atoms with Crippen LogP contribution in [-0.2, 0) is 9.67 Å². The molecule has 1 amide bonds. The third-order valence-corrected chi connectivity index (χ3v) is 6.83. The standard InChI is InChI=1S/C22H17NO2S/c1-13-9-11-16(12-10-13)23-21(25)14(2)26-22(23)18-8-4-6-15-5-3-7-17(19(15)18)20(22)24/h3-12,14H,1-2H3. The predicted octanol–water partition coefficient (Wildman–Crippen LogP) is 4.67. The second-order valence-corrected chi connectivity index (χ2v) is 8.49. The van der Waals surface area contributed by atoms with Crippen LogP contribution in [0, 0.1) is 6.92 Å². The number of amides is 1. The van der Waals surface area contributed by atoms with E-state index in [4.69, 9.17) is 0 Å². The number of nitrogens with zero attached hydrogens (tertiary/aromatic N) is 1. The zero-order valence-electron chi connectivity index (χ0n) is 14.5. The molecule has 1 saturated heterocycles. The van der Waals surface area contributed by atoms with Gasteiger partial charge in [0.25, 0.3) is 0 Å². The lowest BCUT2D eigenvalue weighted by Crippen LogP contribution is -2.46. The number of thioether (sulfide) groups is 1. The summed E-state index contributed by atoms with van der Waals surface area (Å²) in [4.78, 5) is 27.5. The summed E-state index contributed by atoms with van der Waals surface area (Å²) in [6.45, 7) is 3.90. The lowest BCUT2D eigenvalue weighted by Gasteiger charge is -2.33. The van der Waals surface area contributed by atoms with Crippen molar-refractivity contribution < 1.29 is 9.59 Å². The molecule has 1 fully saturated rings. The average molecular weight is 359 g/mol. The summed E-state index contributed by atoms with van der Waals surface area (Å²) in [6, 6.07) is 19.6. The Morgan fingerprint density at radius 1 is 0.962 bits per heavy atom. The third kappa shape index (κ3) is 1.80. The molecule has 2 unspecified atom stereocenters. The lowest BCUT2D eigenvalue weighted by atomic mass is 10.0.